The Morgan fingerprint density at radius 3 is 2.64 bits per heavy atom. The van der Waals surface area contributed by atoms with Crippen molar-refractivity contribution in [1.82, 2.24) is 19.8 Å². The van der Waals surface area contributed by atoms with E-state index < -0.39 is 18.1 Å². The van der Waals surface area contributed by atoms with Crippen LogP contribution in [0, 0.1) is 0 Å². The molecule has 0 atom stereocenters. The van der Waals surface area contributed by atoms with Crippen molar-refractivity contribution in [2.75, 3.05) is 31.5 Å². The van der Waals surface area contributed by atoms with Crippen LogP contribution in [-0.2, 0) is 0 Å². The number of anilines is 1. The maximum atomic E-state index is 12.4. The molecule has 0 bridgehead atoms. The van der Waals surface area contributed by atoms with Crippen molar-refractivity contribution < 1.29 is 22.7 Å². The summed E-state index contributed by atoms with van der Waals surface area (Å²) in [6, 6.07) is 12.3. The summed E-state index contributed by atoms with van der Waals surface area (Å²) in [4.78, 5) is 29.6. The minimum absolute atomic E-state index is 0.0994. The third-order valence-electron chi connectivity index (χ3n) is 5.59. The molecule has 0 radical (unpaired) electrons. The number of nitrogens with one attached hydrogen (secondary N) is 3. The first-order valence-electron chi connectivity index (χ1n) is 10.6. The molecule has 2 amide bonds. The van der Waals surface area contributed by atoms with Crippen LogP contribution in [0.4, 0.5) is 23.7 Å². The number of alkyl halides is 3. The molecule has 0 spiro atoms. The lowest BCUT2D eigenvalue weighted by Gasteiger charge is -2.32. The lowest BCUT2D eigenvalue weighted by atomic mass is 10.0. The van der Waals surface area contributed by atoms with E-state index in [2.05, 4.69) is 25.3 Å². The highest BCUT2D eigenvalue weighted by Crippen LogP contribution is 2.26. The SMILES string of the molecule is O=C(NCCN1CCC(n2c(=O)[nH]c3ccccc32)CC1)Nc1cccc(OC(F)(F)F)c1. The average molecular weight is 463 g/mol. The summed E-state index contributed by atoms with van der Waals surface area (Å²) in [5.41, 5.74) is 1.83. The number of aromatic nitrogens is 2. The van der Waals surface area contributed by atoms with Crippen LogP contribution in [0.25, 0.3) is 11.0 Å². The Morgan fingerprint density at radius 2 is 1.88 bits per heavy atom. The summed E-state index contributed by atoms with van der Waals surface area (Å²) in [7, 11) is 0. The molecule has 176 valence electrons. The number of ether oxygens (including phenoxy) is 1. The topological polar surface area (TPSA) is 91.4 Å². The van der Waals surface area contributed by atoms with Crippen LogP contribution in [0.15, 0.2) is 53.3 Å². The second-order valence-electron chi connectivity index (χ2n) is 7.85. The molecule has 3 aromatic rings. The molecule has 0 saturated carbocycles. The number of fused-ring (bicyclic) bond motifs is 1. The number of likely N-dealkylation sites (tertiary alicyclic amines) is 1. The maximum Gasteiger partial charge on any atom is 0.573 e. The van der Waals surface area contributed by atoms with Gasteiger partial charge in [-0.25, -0.2) is 9.59 Å². The lowest BCUT2D eigenvalue weighted by Crippen LogP contribution is -2.41. The van der Waals surface area contributed by atoms with Crippen molar-refractivity contribution in [3.63, 3.8) is 0 Å². The third-order valence-corrected chi connectivity index (χ3v) is 5.59. The maximum absolute atomic E-state index is 12.4. The first-order valence-corrected chi connectivity index (χ1v) is 10.6. The summed E-state index contributed by atoms with van der Waals surface area (Å²) in [6.07, 6.45) is -3.16. The largest absolute Gasteiger partial charge is 0.573 e. The Morgan fingerprint density at radius 1 is 1.12 bits per heavy atom. The molecule has 1 aliphatic heterocycles. The van der Waals surface area contributed by atoms with Gasteiger partial charge in [0.05, 0.1) is 11.0 Å². The summed E-state index contributed by atoms with van der Waals surface area (Å²) in [6.45, 7) is 2.58. The fourth-order valence-electron chi connectivity index (χ4n) is 4.11. The lowest BCUT2D eigenvalue weighted by molar-refractivity contribution is -0.274. The summed E-state index contributed by atoms with van der Waals surface area (Å²) in [5, 5.41) is 5.20. The number of amides is 2. The Balaban J connectivity index is 1.22. The highest BCUT2D eigenvalue weighted by Gasteiger charge is 2.31. The zero-order chi connectivity index (χ0) is 23.4. The van der Waals surface area contributed by atoms with Gasteiger partial charge in [0.25, 0.3) is 0 Å². The van der Waals surface area contributed by atoms with E-state index in [1.54, 1.807) is 0 Å². The smallest absolute Gasteiger partial charge is 0.406 e. The molecule has 2 heterocycles. The number of carbonyl (C=O) groups is 1. The number of hydrogen-bond donors (Lipinski definition) is 3. The first kappa shape index (κ1) is 22.7. The van der Waals surface area contributed by atoms with Crippen molar-refractivity contribution >= 4 is 22.8 Å². The molecule has 1 aromatic heterocycles. The molecule has 0 aliphatic carbocycles. The molecule has 0 unspecified atom stereocenters. The zero-order valence-electron chi connectivity index (χ0n) is 17.7. The molecule has 3 N–H and O–H groups in total. The minimum Gasteiger partial charge on any atom is -0.406 e. The van der Waals surface area contributed by atoms with Crippen LogP contribution < -0.4 is 21.1 Å². The van der Waals surface area contributed by atoms with Gasteiger partial charge in [0.15, 0.2) is 0 Å². The third kappa shape index (κ3) is 5.86. The van der Waals surface area contributed by atoms with Crippen LogP contribution >= 0.6 is 0 Å². The van der Waals surface area contributed by atoms with E-state index in [1.165, 1.54) is 12.1 Å². The van der Waals surface area contributed by atoms with E-state index in [0.29, 0.717) is 13.1 Å². The number of aromatic amines is 1. The van der Waals surface area contributed by atoms with Crippen LogP contribution in [-0.4, -0.2) is 53.0 Å². The highest BCUT2D eigenvalue weighted by molar-refractivity contribution is 5.89. The second kappa shape index (κ2) is 9.57. The van der Waals surface area contributed by atoms with E-state index in [4.69, 9.17) is 0 Å². The van der Waals surface area contributed by atoms with Crippen molar-refractivity contribution in [2.24, 2.45) is 0 Å². The average Bonchev–Trinajstić information content (AvgIpc) is 3.09. The molecule has 1 aliphatic rings. The number of hydrogen-bond acceptors (Lipinski definition) is 4. The number of carbonyl (C=O) groups excluding carboxylic acids is 1. The summed E-state index contributed by atoms with van der Waals surface area (Å²) < 4.78 is 42.7. The van der Waals surface area contributed by atoms with Crippen LogP contribution in [0.1, 0.15) is 18.9 Å². The summed E-state index contributed by atoms with van der Waals surface area (Å²) in [5.74, 6) is -0.405. The standard InChI is InChI=1S/C22H24F3N5O3/c23-22(24,25)33-17-5-3-4-15(14-17)27-20(31)26-10-13-29-11-8-16(9-12-29)30-19-7-2-1-6-18(19)28-21(30)32/h1-7,14,16H,8-13H2,(H,28,32)(H2,26,27,31). The first-order chi connectivity index (χ1) is 15.8. The van der Waals surface area contributed by atoms with Gasteiger partial charge in [-0.05, 0) is 37.1 Å². The van der Waals surface area contributed by atoms with Crippen molar-refractivity contribution in [1.29, 1.82) is 0 Å². The Labute approximate surface area is 187 Å². The van der Waals surface area contributed by atoms with E-state index in [9.17, 15) is 22.8 Å². The molecule has 8 nitrogen and oxygen atoms in total. The van der Waals surface area contributed by atoms with Gasteiger partial charge in [0.2, 0.25) is 0 Å². The fraction of sp³-hybridized carbons (Fsp3) is 0.364. The Kier molecular flexibility index (Phi) is 6.59. The van der Waals surface area contributed by atoms with E-state index in [-0.39, 0.29) is 17.4 Å². The quantitative estimate of drug-likeness (QED) is 0.520. The molecular weight excluding hydrogens is 439 g/mol. The van der Waals surface area contributed by atoms with Gasteiger partial charge in [-0.3, -0.25) is 4.57 Å². The van der Waals surface area contributed by atoms with Gasteiger partial charge in [-0.2, -0.15) is 0 Å². The minimum atomic E-state index is -4.80. The second-order valence-corrected chi connectivity index (χ2v) is 7.85. The number of piperidine rings is 1. The Hall–Kier alpha value is -3.47. The summed E-state index contributed by atoms with van der Waals surface area (Å²) >= 11 is 0. The molecule has 1 saturated heterocycles. The van der Waals surface area contributed by atoms with Gasteiger partial charge in [0, 0.05) is 44.0 Å². The predicted octanol–water partition coefficient (Wildman–Crippen LogP) is 3.69. The molecule has 11 heteroatoms. The normalized spacial score (nSPS) is 15.5. The van der Waals surface area contributed by atoms with Crippen molar-refractivity contribution in [3.05, 3.63) is 59.0 Å². The number of H-pyrrole nitrogens is 1. The fourth-order valence-corrected chi connectivity index (χ4v) is 4.11. The number of nitrogens with zero attached hydrogens (tertiary/aromatic N) is 2. The van der Waals surface area contributed by atoms with E-state index in [0.717, 1.165) is 49.1 Å². The molecule has 1 fully saturated rings. The number of urea groups is 1. The molecule has 33 heavy (non-hydrogen) atoms. The highest BCUT2D eigenvalue weighted by atomic mass is 19.4. The molecular formula is C22H24F3N5O3. The predicted molar refractivity (Wildman–Crippen MR) is 117 cm³/mol. The van der Waals surface area contributed by atoms with Crippen LogP contribution in [0.2, 0.25) is 0 Å². The van der Waals surface area contributed by atoms with Crippen molar-refractivity contribution in [3.8, 4) is 5.75 Å². The van der Waals surface area contributed by atoms with Gasteiger partial charge in [0.1, 0.15) is 5.75 Å². The number of para-hydroxylation sites is 2. The van der Waals surface area contributed by atoms with Crippen molar-refractivity contribution in [2.45, 2.75) is 25.2 Å². The van der Waals surface area contributed by atoms with Gasteiger partial charge < -0.3 is 25.3 Å². The number of halogens is 3. The van der Waals surface area contributed by atoms with Gasteiger partial charge in [-0.1, -0.05) is 18.2 Å². The number of rotatable bonds is 6. The number of imidazole rings is 1. The van der Waals surface area contributed by atoms with Crippen LogP contribution in [0.5, 0.6) is 5.75 Å². The van der Waals surface area contributed by atoms with Gasteiger partial charge in [-0.15, -0.1) is 13.2 Å². The number of benzene rings is 2. The van der Waals surface area contributed by atoms with E-state index in [1.807, 2.05) is 28.8 Å². The van der Waals surface area contributed by atoms with Crippen LogP contribution in [0.3, 0.4) is 0 Å². The van der Waals surface area contributed by atoms with Gasteiger partial charge >= 0.3 is 18.1 Å². The monoisotopic (exact) mass is 463 g/mol. The molecule has 4 rings (SSSR count). The zero-order valence-corrected chi connectivity index (χ0v) is 17.7. The van der Waals surface area contributed by atoms with E-state index >= 15 is 0 Å². The Bertz CT molecular complexity index is 1170. The molecule has 2 aromatic carbocycles.